The second kappa shape index (κ2) is 8.28. The number of hydrogen-bond donors (Lipinski definition) is 1. The van der Waals surface area contributed by atoms with Crippen LogP contribution in [-0.2, 0) is 11.2 Å². The number of allylic oxidation sites excluding steroid dienone is 3. The number of carbonyl (C=O) groups excluding carboxylic acids is 2. The van der Waals surface area contributed by atoms with Gasteiger partial charge in [0.25, 0.3) is 0 Å². The Kier molecular flexibility index (Phi) is 5.48. The highest BCUT2D eigenvalue weighted by Gasteiger charge is 2.31. The number of likely N-dealkylation sites (N-methyl/N-ethyl adjacent to an activating group) is 1. The van der Waals surface area contributed by atoms with Crippen molar-refractivity contribution in [2.45, 2.75) is 25.3 Å². The van der Waals surface area contributed by atoms with Gasteiger partial charge in [0.05, 0.1) is 17.4 Å². The number of rotatable bonds is 2. The first-order valence-electron chi connectivity index (χ1n) is 11.0. The number of anilines is 2. The van der Waals surface area contributed by atoms with Crippen molar-refractivity contribution in [1.82, 2.24) is 10.2 Å². The zero-order valence-electron chi connectivity index (χ0n) is 17.7. The van der Waals surface area contributed by atoms with Gasteiger partial charge in [-0.05, 0) is 59.1 Å². The van der Waals surface area contributed by atoms with Crippen LogP contribution in [0.2, 0.25) is 0 Å². The van der Waals surface area contributed by atoms with Crippen molar-refractivity contribution in [1.29, 1.82) is 0 Å². The van der Waals surface area contributed by atoms with Crippen molar-refractivity contribution in [2.24, 2.45) is 0 Å². The fraction of sp³-hybridized carbons (Fsp3) is 0.417. The van der Waals surface area contributed by atoms with Crippen LogP contribution in [0.15, 0.2) is 52.1 Å². The summed E-state index contributed by atoms with van der Waals surface area (Å²) in [7, 11) is 2.15. The minimum atomic E-state index is -0.256. The quantitative estimate of drug-likeness (QED) is 0.701. The molecule has 1 atom stereocenters. The Morgan fingerprint density at radius 1 is 1.10 bits per heavy atom. The van der Waals surface area contributed by atoms with Crippen LogP contribution >= 0.6 is 15.9 Å². The minimum Gasteiger partial charge on any atom is -0.368 e. The van der Waals surface area contributed by atoms with Crippen LogP contribution in [0, 0.1) is 0 Å². The topological polar surface area (TPSA) is 55.9 Å². The number of nitrogens with one attached hydrogen (secondary N) is 1. The van der Waals surface area contributed by atoms with Crippen molar-refractivity contribution in [3.8, 4) is 0 Å². The lowest BCUT2D eigenvalue weighted by Crippen LogP contribution is -2.46. The molecule has 1 aromatic carbocycles. The molecule has 6 nitrogen and oxygen atoms in total. The van der Waals surface area contributed by atoms with E-state index in [4.69, 9.17) is 0 Å². The molecule has 1 N–H and O–H groups in total. The number of piperazine rings is 1. The Labute approximate surface area is 191 Å². The lowest BCUT2D eigenvalue weighted by atomic mass is 9.85. The molecule has 1 fully saturated rings. The Morgan fingerprint density at radius 2 is 1.90 bits per heavy atom. The third-order valence-electron chi connectivity index (χ3n) is 6.66. The van der Waals surface area contributed by atoms with Crippen molar-refractivity contribution in [3.05, 3.63) is 57.6 Å². The molecular weight excluding hydrogens is 456 g/mol. The van der Waals surface area contributed by atoms with E-state index >= 15 is 0 Å². The maximum absolute atomic E-state index is 13.3. The van der Waals surface area contributed by atoms with E-state index < -0.39 is 0 Å². The molecule has 1 unspecified atom stereocenters. The number of carbonyl (C=O) groups is 2. The summed E-state index contributed by atoms with van der Waals surface area (Å²) in [5.41, 5.74) is 4.99. The van der Waals surface area contributed by atoms with Gasteiger partial charge in [0, 0.05) is 49.2 Å². The van der Waals surface area contributed by atoms with Crippen LogP contribution < -0.4 is 15.1 Å². The molecule has 2 heterocycles. The van der Waals surface area contributed by atoms with Gasteiger partial charge >= 0.3 is 6.03 Å². The molecule has 162 valence electrons. The number of nitrogens with zero attached hydrogens (tertiary/aromatic N) is 3. The van der Waals surface area contributed by atoms with Gasteiger partial charge in [0.15, 0.2) is 5.78 Å². The molecular formula is C24H27BrN4O2. The summed E-state index contributed by atoms with van der Waals surface area (Å²) in [5.74, 6) is 0.161. The third kappa shape index (κ3) is 3.85. The van der Waals surface area contributed by atoms with Gasteiger partial charge in [0.1, 0.15) is 0 Å². The molecule has 1 saturated heterocycles. The average Bonchev–Trinajstić information content (AvgIpc) is 3.17. The van der Waals surface area contributed by atoms with E-state index in [-0.39, 0.29) is 17.9 Å². The molecule has 0 bridgehead atoms. The van der Waals surface area contributed by atoms with Crippen molar-refractivity contribution >= 4 is 39.1 Å². The molecule has 2 amide bonds. The number of ketones is 1. The lowest BCUT2D eigenvalue weighted by molar-refractivity contribution is -0.115. The van der Waals surface area contributed by atoms with E-state index in [0.717, 1.165) is 66.0 Å². The van der Waals surface area contributed by atoms with Crippen LogP contribution in [0.25, 0.3) is 0 Å². The van der Waals surface area contributed by atoms with E-state index in [0.29, 0.717) is 13.0 Å². The smallest absolute Gasteiger partial charge is 0.322 e. The number of fused-ring (bicyclic) bond motifs is 2. The summed E-state index contributed by atoms with van der Waals surface area (Å²) in [5, 5.41) is 3.15. The van der Waals surface area contributed by atoms with Gasteiger partial charge in [-0.3, -0.25) is 9.69 Å². The summed E-state index contributed by atoms with van der Waals surface area (Å²) in [6.07, 6.45) is 9.91. The average molecular weight is 483 g/mol. The van der Waals surface area contributed by atoms with Gasteiger partial charge in [-0.25, -0.2) is 4.79 Å². The Balaban J connectivity index is 1.36. The predicted octanol–water partition coefficient (Wildman–Crippen LogP) is 3.43. The fourth-order valence-electron chi connectivity index (χ4n) is 4.85. The van der Waals surface area contributed by atoms with E-state index in [2.05, 4.69) is 56.3 Å². The molecule has 4 aliphatic rings. The largest absolute Gasteiger partial charge is 0.368 e. The molecule has 5 rings (SSSR count). The van der Waals surface area contributed by atoms with Crippen LogP contribution in [0.1, 0.15) is 18.4 Å². The van der Waals surface area contributed by atoms with Crippen LogP contribution in [-0.4, -0.2) is 62.5 Å². The Bertz CT molecular complexity index is 1020. The number of hydrogen-bond acceptors (Lipinski definition) is 4. The zero-order chi connectivity index (χ0) is 21.5. The van der Waals surface area contributed by atoms with Gasteiger partial charge < -0.3 is 15.1 Å². The van der Waals surface area contributed by atoms with Gasteiger partial charge in [-0.15, -0.1) is 0 Å². The fourth-order valence-corrected chi connectivity index (χ4v) is 5.49. The number of urea groups is 1. The molecule has 7 heteroatoms. The Hall–Kier alpha value is -2.38. The van der Waals surface area contributed by atoms with Crippen molar-refractivity contribution in [2.75, 3.05) is 49.6 Å². The third-order valence-corrected chi connectivity index (χ3v) is 7.30. The maximum Gasteiger partial charge on any atom is 0.322 e. The summed E-state index contributed by atoms with van der Waals surface area (Å²) in [6.45, 7) is 4.68. The highest BCUT2D eigenvalue weighted by Crippen LogP contribution is 2.38. The minimum absolute atomic E-state index is 0.111. The molecule has 2 aliphatic heterocycles. The van der Waals surface area contributed by atoms with E-state index in [1.165, 1.54) is 5.56 Å². The predicted molar refractivity (Wildman–Crippen MR) is 127 cm³/mol. The number of amides is 2. The second-order valence-electron chi connectivity index (χ2n) is 8.64. The molecule has 31 heavy (non-hydrogen) atoms. The first-order valence-corrected chi connectivity index (χ1v) is 11.8. The van der Waals surface area contributed by atoms with Gasteiger partial charge in [-0.1, -0.05) is 24.3 Å². The van der Waals surface area contributed by atoms with Crippen LogP contribution in [0.4, 0.5) is 16.2 Å². The van der Waals surface area contributed by atoms with Crippen LogP contribution in [0.3, 0.4) is 0 Å². The summed E-state index contributed by atoms with van der Waals surface area (Å²) in [6, 6.07) is 3.96. The van der Waals surface area contributed by atoms with Crippen molar-refractivity contribution in [3.63, 3.8) is 0 Å². The molecule has 1 aromatic rings. The normalized spacial score (nSPS) is 23.3. The maximum atomic E-state index is 13.3. The highest BCUT2D eigenvalue weighted by atomic mass is 79.9. The van der Waals surface area contributed by atoms with E-state index in [1.54, 1.807) is 0 Å². The zero-order valence-corrected chi connectivity index (χ0v) is 19.3. The molecule has 0 saturated carbocycles. The van der Waals surface area contributed by atoms with Gasteiger partial charge in [0.2, 0.25) is 0 Å². The lowest BCUT2D eigenvalue weighted by Gasteiger charge is -2.35. The standard InChI is InChI=1S/C24H27BrN4O2/c1-27-10-12-28(13-11-27)22-15-21-16(14-19(22)25)8-9-29(21)24(31)26-20-6-2-5-18-17(20)4-3-7-23(18)30/h2,4-6,14-15,20H,3,7-13H2,1H3,(H,26,31). The second-order valence-corrected chi connectivity index (χ2v) is 9.49. The van der Waals surface area contributed by atoms with E-state index in [1.807, 2.05) is 23.1 Å². The number of Topliss-reactive ketones (excluding diaryl/α,β-unsaturated/α-hetero) is 1. The first kappa shape index (κ1) is 20.5. The van der Waals surface area contributed by atoms with Crippen LogP contribution in [0.5, 0.6) is 0 Å². The Morgan fingerprint density at radius 3 is 2.71 bits per heavy atom. The monoisotopic (exact) mass is 482 g/mol. The molecule has 2 aliphatic carbocycles. The summed E-state index contributed by atoms with van der Waals surface area (Å²) >= 11 is 3.75. The van der Waals surface area contributed by atoms with Crippen molar-refractivity contribution < 1.29 is 9.59 Å². The van der Waals surface area contributed by atoms with Gasteiger partial charge in [-0.2, -0.15) is 0 Å². The number of benzene rings is 1. The van der Waals surface area contributed by atoms with E-state index in [9.17, 15) is 9.59 Å². The summed E-state index contributed by atoms with van der Waals surface area (Å²) in [4.78, 5) is 32.1. The molecule has 0 spiro atoms. The highest BCUT2D eigenvalue weighted by molar-refractivity contribution is 9.10. The number of halogens is 1. The first-order chi connectivity index (χ1) is 15.0. The molecule has 0 radical (unpaired) electrons. The SMILES string of the molecule is CN1CCN(c2cc3c(cc2Br)CCN3C(=O)NC2C=CC=C3C(=O)CCC=C32)CC1. The molecule has 0 aromatic heterocycles. The summed E-state index contributed by atoms with van der Waals surface area (Å²) < 4.78 is 1.09.